The number of amides is 1. The van der Waals surface area contributed by atoms with E-state index in [1.165, 1.54) is 18.3 Å². The number of aromatic hydroxyl groups is 2. The number of nitrogens with one attached hydrogen (secondary N) is 1. The standard InChI is InChI=1S/C17H16N2O5/c1-10-6-11(20)7-13(21)12(10)8-18-19-17(22)16-9-23-14-4-2-3-5-15(14)24-16/h2-8,16,20-21H,9H2,1H3,(H,19,22)/b18-8-. The number of ether oxygens (including phenoxy) is 2. The number of nitrogens with zero attached hydrogens (tertiary/aromatic N) is 1. The third-order valence-electron chi connectivity index (χ3n) is 3.52. The van der Waals surface area contributed by atoms with Gasteiger partial charge >= 0.3 is 0 Å². The van der Waals surface area contributed by atoms with Gasteiger partial charge in [0.2, 0.25) is 6.10 Å². The molecule has 2 aromatic rings. The Balaban J connectivity index is 1.64. The molecule has 0 bridgehead atoms. The number of hydrogen-bond acceptors (Lipinski definition) is 6. The molecule has 1 unspecified atom stereocenters. The number of hydrogen-bond donors (Lipinski definition) is 3. The summed E-state index contributed by atoms with van der Waals surface area (Å²) < 4.78 is 11.0. The van der Waals surface area contributed by atoms with Gasteiger partial charge in [-0.15, -0.1) is 0 Å². The summed E-state index contributed by atoms with van der Waals surface area (Å²) in [6.45, 7) is 1.79. The van der Waals surface area contributed by atoms with Crippen LogP contribution in [0, 0.1) is 6.92 Å². The first kappa shape index (κ1) is 15.7. The van der Waals surface area contributed by atoms with Gasteiger partial charge in [-0.25, -0.2) is 5.43 Å². The lowest BCUT2D eigenvalue weighted by molar-refractivity contribution is -0.130. The van der Waals surface area contributed by atoms with Crippen LogP contribution in [-0.2, 0) is 4.79 Å². The van der Waals surface area contributed by atoms with Gasteiger partial charge in [-0.1, -0.05) is 12.1 Å². The minimum absolute atomic E-state index is 0.0439. The Bertz CT molecular complexity index is 780. The Hall–Kier alpha value is -3.22. The third kappa shape index (κ3) is 3.24. The minimum atomic E-state index is -0.813. The molecular formula is C17H16N2O5. The van der Waals surface area contributed by atoms with Crippen molar-refractivity contribution in [1.29, 1.82) is 0 Å². The highest BCUT2D eigenvalue weighted by Crippen LogP contribution is 2.30. The maximum absolute atomic E-state index is 12.1. The van der Waals surface area contributed by atoms with Gasteiger partial charge in [0.05, 0.1) is 6.21 Å². The van der Waals surface area contributed by atoms with Crippen molar-refractivity contribution in [2.75, 3.05) is 6.61 Å². The Morgan fingerprint density at radius 3 is 2.79 bits per heavy atom. The fourth-order valence-electron chi connectivity index (χ4n) is 2.31. The van der Waals surface area contributed by atoms with Crippen LogP contribution >= 0.6 is 0 Å². The summed E-state index contributed by atoms with van der Waals surface area (Å²) in [5, 5.41) is 23.0. The molecule has 1 heterocycles. The number of carbonyl (C=O) groups is 1. The number of para-hydroxylation sites is 2. The van der Waals surface area contributed by atoms with Gasteiger partial charge in [-0.2, -0.15) is 5.10 Å². The minimum Gasteiger partial charge on any atom is -0.508 e. The highest BCUT2D eigenvalue weighted by molar-refractivity contribution is 5.88. The fraction of sp³-hybridized carbons (Fsp3) is 0.176. The molecule has 0 aromatic heterocycles. The molecule has 124 valence electrons. The summed E-state index contributed by atoms with van der Waals surface area (Å²) in [4.78, 5) is 12.1. The average Bonchev–Trinajstić information content (AvgIpc) is 2.56. The van der Waals surface area contributed by atoms with Crippen molar-refractivity contribution in [2.24, 2.45) is 5.10 Å². The first-order valence-corrected chi connectivity index (χ1v) is 7.28. The van der Waals surface area contributed by atoms with Crippen LogP contribution in [-0.4, -0.2) is 35.0 Å². The van der Waals surface area contributed by atoms with Gasteiger partial charge in [-0.05, 0) is 30.7 Å². The molecule has 3 N–H and O–H groups in total. The third-order valence-corrected chi connectivity index (χ3v) is 3.52. The molecule has 24 heavy (non-hydrogen) atoms. The van der Waals surface area contributed by atoms with Crippen molar-refractivity contribution >= 4 is 12.1 Å². The molecule has 7 heteroatoms. The zero-order valence-corrected chi connectivity index (χ0v) is 12.9. The van der Waals surface area contributed by atoms with Crippen molar-refractivity contribution in [3.8, 4) is 23.0 Å². The normalized spacial score (nSPS) is 16.1. The van der Waals surface area contributed by atoms with Crippen molar-refractivity contribution in [3.05, 3.63) is 47.5 Å². The maximum atomic E-state index is 12.1. The lowest BCUT2D eigenvalue weighted by Crippen LogP contribution is -2.42. The van der Waals surface area contributed by atoms with Crippen molar-refractivity contribution in [1.82, 2.24) is 5.43 Å². The van der Waals surface area contributed by atoms with E-state index in [1.807, 2.05) is 6.07 Å². The summed E-state index contributed by atoms with van der Waals surface area (Å²) >= 11 is 0. The molecule has 2 aromatic carbocycles. The number of aryl methyl sites for hydroxylation is 1. The lowest BCUT2D eigenvalue weighted by Gasteiger charge is -2.24. The molecule has 0 radical (unpaired) electrons. The molecule has 1 aliphatic heterocycles. The molecule has 1 aliphatic rings. The monoisotopic (exact) mass is 328 g/mol. The van der Waals surface area contributed by atoms with E-state index in [4.69, 9.17) is 9.47 Å². The number of benzene rings is 2. The number of carbonyl (C=O) groups excluding carboxylic acids is 1. The van der Waals surface area contributed by atoms with Gasteiger partial charge in [0.1, 0.15) is 18.1 Å². The van der Waals surface area contributed by atoms with E-state index in [2.05, 4.69) is 10.5 Å². The van der Waals surface area contributed by atoms with E-state index < -0.39 is 12.0 Å². The van der Waals surface area contributed by atoms with Crippen LogP contribution in [0.5, 0.6) is 23.0 Å². The van der Waals surface area contributed by atoms with E-state index in [0.29, 0.717) is 22.6 Å². The number of fused-ring (bicyclic) bond motifs is 1. The number of phenolic OH excluding ortho intramolecular Hbond substituents is 2. The van der Waals surface area contributed by atoms with Crippen LogP contribution in [0.4, 0.5) is 0 Å². The second kappa shape index (κ2) is 6.49. The van der Waals surface area contributed by atoms with E-state index >= 15 is 0 Å². The zero-order chi connectivity index (χ0) is 17.1. The van der Waals surface area contributed by atoms with Crippen LogP contribution in [0.3, 0.4) is 0 Å². The Morgan fingerprint density at radius 2 is 2.04 bits per heavy atom. The molecular weight excluding hydrogens is 312 g/mol. The highest BCUT2D eigenvalue weighted by atomic mass is 16.6. The first-order chi connectivity index (χ1) is 11.5. The van der Waals surface area contributed by atoms with Crippen molar-refractivity contribution in [3.63, 3.8) is 0 Å². The molecule has 0 aliphatic carbocycles. The predicted molar refractivity (Wildman–Crippen MR) is 86.6 cm³/mol. The molecule has 0 saturated heterocycles. The average molecular weight is 328 g/mol. The van der Waals surface area contributed by atoms with Gasteiger partial charge in [-0.3, -0.25) is 4.79 Å². The van der Waals surface area contributed by atoms with Crippen molar-refractivity contribution < 1.29 is 24.5 Å². The van der Waals surface area contributed by atoms with Crippen LogP contribution in [0.1, 0.15) is 11.1 Å². The molecule has 1 atom stereocenters. The zero-order valence-electron chi connectivity index (χ0n) is 12.9. The second-order valence-corrected chi connectivity index (χ2v) is 5.29. The SMILES string of the molecule is Cc1cc(O)cc(O)c1/C=N\NC(=O)C1COc2ccccc2O1. The summed E-state index contributed by atoms with van der Waals surface area (Å²) in [5.41, 5.74) is 3.38. The molecule has 3 rings (SSSR count). The first-order valence-electron chi connectivity index (χ1n) is 7.28. The quantitative estimate of drug-likeness (QED) is 0.588. The van der Waals surface area contributed by atoms with Crippen LogP contribution in [0.25, 0.3) is 0 Å². The molecule has 0 spiro atoms. The fourth-order valence-corrected chi connectivity index (χ4v) is 2.31. The van der Waals surface area contributed by atoms with Crippen LogP contribution in [0.15, 0.2) is 41.5 Å². The topological polar surface area (TPSA) is 100 Å². The maximum Gasteiger partial charge on any atom is 0.284 e. The lowest BCUT2D eigenvalue weighted by atomic mass is 10.1. The van der Waals surface area contributed by atoms with Gasteiger partial charge in [0.15, 0.2) is 11.5 Å². The summed E-state index contributed by atoms with van der Waals surface area (Å²) in [5.74, 6) is 0.459. The van der Waals surface area contributed by atoms with E-state index in [1.54, 1.807) is 25.1 Å². The highest BCUT2D eigenvalue weighted by Gasteiger charge is 2.27. The number of phenols is 2. The molecule has 7 nitrogen and oxygen atoms in total. The van der Waals surface area contributed by atoms with Gasteiger partial charge in [0, 0.05) is 11.6 Å². The predicted octanol–water partition coefficient (Wildman–Crippen LogP) is 1.70. The van der Waals surface area contributed by atoms with Gasteiger partial charge in [0.25, 0.3) is 5.91 Å². The van der Waals surface area contributed by atoms with E-state index in [-0.39, 0.29) is 18.1 Å². The Labute approximate surface area is 138 Å². The largest absolute Gasteiger partial charge is 0.508 e. The summed E-state index contributed by atoms with van der Waals surface area (Å²) in [7, 11) is 0. The van der Waals surface area contributed by atoms with Crippen LogP contribution in [0.2, 0.25) is 0 Å². The van der Waals surface area contributed by atoms with Crippen LogP contribution < -0.4 is 14.9 Å². The summed E-state index contributed by atoms with van der Waals surface area (Å²) in [6.07, 6.45) is 0.492. The Morgan fingerprint density at radius 1 is 1.29 bits per heavy atom. The molecule has 0 saturated carbocycles. The van der Waals surface area contributed by atoms with E-state index in [0.717, 1.165) is 0 Å². The summed E-state index contributed by atoms with van der Waals surface area (Å²) in [6, 6.07) is 9.77. The second-order valence-electron chi connectivity index (χ2n) is 5.29. The van der Waals surface area contributed by atoms with Gasteiger partial charge < -0.3 is 19.7 Å². The van der Waals surface area contributed by atoms with Crippen molar-refractivity contribution in [2.45, 2.75) is 13.0 Å². The number of rotatable bonds is 3. The van der Waals surface area contributed by atoms with E-state index in [9.17, 15) is 15.0 Å². The Kier molecular flexibility index (Phi) is 4.24. The number of hydrazone groups is 1. The molecule has 1 amide bonds. The smallest absolute Gasteiger partial charge is 0.284 e. The molecule has 0 fully saturated rings.